The highest BCUT2D eigenvalue weighted by atomic mass is 32.2. The minimum atomic E-state index is -3.70. The van der Waals surface area contributed by atoms with Gasteiger partial charge in [0, 0.05) is 23.7 Å². The van der Waals surface area contributed by atoms with E-state index in [1.807, 2.05) is 6.08 Å². The summed E-state index contributed by atoms with van der Waals surface area (Å²) < 4.78 is 44.2. The largest absolute Gasteiger partial charge is 0.335 e. The second kappa shape index (κ2) is 9.00. The second-order valence-corrected chi connectivity index (χ2v) is 10.3. The second-order valence-electron chi connectivity index (χ2n) is 8.63. The van der Waals surface area contributed by atoms with E-state index >= 15 is 0 Å². The van der Waals surface area contributed by atoms with Gasteiger partial charge in [0.25, 0.3) is 0 Å². The molecule has 0 spiro atoms. The van der Waals surface area contributed by atoms with Crippen LogP contribution in [0.3, 0.4) is 0 Å². The lowest BCUT2D eigenvalue weighted by atomic mass is 10.0. The van der Waals surface area contributed by atoms with E-state index < -0.39 is 10.0 Å². The molecule has 1 aromatic heterocycles. The molecule has 8 heteroatoms. The Hall–Kier alpha value is -2.76. The highest BCUT2D eigenvalue weighted by Gasteiger charge is 2.28. The van der Waals surface area contributed by atoms with Crippen LogP contribution in [-0.4, -0.2) is 24.7 Å². The minimum Gasteiger partial charge on any atom is -0.335 e. The third kappa shape index (κ3) is 4.27. The van der Waals surface area contributed by atoms with E-state index in [2.05, 4.69) is 20.4 Å². The molecule has 6 nitrogen and oxygen atoms in total. The number of rotatable bonds is 5. The van der Waals surface area contributed by atoms with E-state index in [0.717, 1.165) is 31.2 Å². The van der Waals surface area contributed by atoms with Crippen LogP contribution < -0.4 is 4.72 Å². The van der Waals surface area contributed by atoms with Crippen molar-refractivity contribution >= 4 is 26.6 Å². The summed E-state index contributed by atoms with van der Waals surface area (Å²) in [5.41, 5.74) is 2.54. The third-order valence-corrected chi connectivity index (χ3v) is 7.56. The molecule has 1 N–H and O–H groups in total. The van der Waals surface area contributed by atoms with Gasteiger partial charge in [-0.3, -0.25) is 4.99 Å². The van der Waals surface area contributed by atoms with Gasteiger partial charge in [0.1, 0.15) is 11.9 Å². The van der Waals surface area contributed by atoms with E-state index in [-0.39, 0.29) is 22.8 Å². The molecule has 0 bridgehead atoms. The summed E-state index contributed by atoms with van der Waals surface area (Å²) in [5, 5.41) is 10.6. The van der Waals surface area contributed by atoms with Crippen molar-refractivity contribution in [3.63, 3.8) is 0 Å². The molecular formula is C24H27FN4O2S. The number of aromatic nitrogens is 1. The Kier molecular flexibility index (Phi) is 6.31. The van der Waals surface area contributed by atoms with Crippen molar-refractivity contribution < 1.29 is 12.8 Å². The third-order valence-electron chi connectivity index (χ3n) is 5.92. The first-order valence-corrected chi connectivity index (χ1v) is 12.5. The van der Waals surface area contributed by atoms with Gasteiger partial charge in [-0.15, -0.1) is 0 Å². The molecule has 1 saturated carbocycles. The van der Waals surface area contributed by atoms with Crippen LogP contribution >= 0.6 is 0 Å². The van der Waals surface area contributed by atoms with E-state index in [4.69, 9.17) is 0 Å². The van der Waals surface area contributed by atoms with Gasteiger partial charge in [0.05, 0.1) is 27.4 Å². The fourth-order valence-electron chi connectivity index (χ4n) is 4.61. The molecule has 2 heterocycles. The normalized spacial score (nSPS) is 20.5. The topological polar surface area (TPSA) is 87.2 Å². The Morgan fingerprint density at radius 2 is 2.03 bits per heavy atom. The van der Waals surface area contributed by atoms with Crippen molar-refractivity contribution in [3.05, 3.63) is 58.5 Å². The van der Waals surface area contributed by atoms with Crippen LogP contribution in [0.25, 0.3) is 10.9 Å². The van der Waals surface area contributed by atoms with Gasteiger partial charge in [-0.2, -0.15) is 5.26 Å². The van der Waals surface area contributed by atoms with E-state index in [0.29, 0.717) is 35.2 Å². The maximum absolute atomic E-state index is 14.1. The number of nitriles is 1. The van der Waals surface area contributed by atoms with Gasteiger partial charge in [-0.05, 0) is 63.8 Å². The van der Waals surface area contributed by atoms with Crippen molar-refractivity contribution in [1.82, 2.24) is 9.29 Å². The Bertz CT molecular complexity index is 1270. The monoisotopic (exact) mass is 454 g/mol. The van der Waals surface area contributed by atoms with Gasteiger partial charge in [0.2, 0.25) is 10.0 Å². The Balaban J connectivity index is 1.92. The SMILES string of the molecule is CC(C)NS(=O)(=O)C1=C/N=C(c2c(C#N)c3cc(F)ccc3n2C2CCCC2)CC/C=C\1. The molecule has 0 atom stereocenters. The zero-order valence-corrected chi connectivity index (χ0v) is 19.1. The summed E-state index contributed by atoms with van der Waals surface area (Å²) in [6.45, 7) is 3.52. The molecule has 1 aliphatic carbocycles. The molecule has 0 radical (unpaired) electrons. The number of nitrogens with zero attached hydrogens (tertiary/aromatic N) is 3. The first-order valence-electron chi connectivity index (χ1n) is 11.0. The maximum atomic E-state index is 14.1. The number of nitrogens with one attached hydrogen (secondary N) is 1. The van der Waals surface area contributed by atoms with Gasteiger partial charge < -0.3 is 4.57 Å². The predicted molar refractivity (Wildman–Crippen MR) is 124 cm³/mol. The van der Waals surface area contributed by atoms with Crippen LogP contribution in [0.1, 0.15) is 69.7 Å². The lowest BCUT2D eigenvalue weighted by Crippen LogP contribution is -2.31. The van der Waals surface area contributed by atoms with E-state index in [1.54, 1.807) is 26.0 Å². The molecule has 0 amide bonds. The van der Waals surface area contributed by atoms with Crippen LogP contribution in [0.4, 0.5) is 4.39 Å². The average Bonchev–Trinajstić information content (AvgIpc) is 3.32. The fourth-order valence-corrected chi connectivity index (χ4v) is 5.83. The number of hydrogen-bond acceptors (Lipinski definition) is 4. The van der Waals surface area contributed by atoms with Gasteiger partial charge in [0.15, 0.2) is 0 Å². The van der Waals surface area contributed by atoms with Crippen molar-refractivity contribution in [2.45, 2.75) is 64.5 Å². The highest BCUT2D eigenvalue weighted by molar-refractivity contribution is 7.93. The Morgan fingerprint density at radius 1 is 1.28 bits per heavy atom. The van der Waals surface area contributed by atoms with Crippen LogP contribution in [0.2, 0.25) is 0 Å². The lowest BCUT2D eigenvalue weighted by molar-refractivity contribution is 0.531. The number of allylic oxidation sites excluding steroid dienone is 2. The summed E-state index contributed by atoms with van der Waals surface area (Å²) in [5.74, 6) is -0.389. The average molecular weight is 455 g/mol. The first kappa shape index (κ1) is 22.4. The number of halogens is 1. The molecule has 1 fully saturated rings. The molecule has 1 aromatic carbocycles. The summed E-state index contributed by atoms with van der Waals surface area (Å²) >= 11 is 0. The Labute approximate surface area is 188 Å². The van der Waals surface area contributed by atoms with Crippen molar-refractivity contribution in [2.24, 2.45) is 4.99 Å². The number of hydrogen-bond donors (Lipinski definition) is 1. The van der Waals surface area contributed by atoms with Gasteiger partial charge >= 0.3 is 0 Å². The summed E-state index contributed by atoms with van der Waals surface area (Å²) in [4.78, 5) is 4.67. The summed E-state index contributed by atoms with van der Waals surface area (Å²) in [7, 11) is -3.70. The quantitative estimate of drug-likeness (QED) is 0.684. The molecule has 32 heavy (non-hydrogen) atoms. The van der Waals surface area contributed by atoms with Crippen LogP contribution in [0, 0.1) is 17.1 Å². The first-order chi connectivity index (χ1) is 15.3. The molecule has 1 aliphatic heterocycles. The molecule has 2 aliphatic rings. The number of sulfonamides is 1. The maximum Gasteiger partial charge on any atom is 0.242 e. The van der Waals surface area contributed by atoms with E-state index in [9.17, 15) is 18.1 Å². The number of aliphatic imine (C=N–C) groups is 1. The predicted octanol–water partition coefficient (Wildman–Crippen LogP) is 5.08. The van der Waals surface area contributed by atoms with Crippen LogP contribution in [-0.2, 0) is 10.0 Å². The fraction of sp³-hybridized carbons (Fsp3) is 0.417. The minimum absolute atomic E-state index is 0.0801. The molecule has 0 saturated heterocycles. The van der Waals surface area contributed by atoms with Crippen molar-refractivity contribution in [1.29, 1.82) is 5.26 Å². The molecule has 168 valence electrons. The number of fused-ring (bicyclic) bond motifs is 1. The zero-order valence-electron chi connectivity index (χ0n) is 18.3. The lowest BCUT2D eigenvalue weighted by Gasteiger charge is -2.19. The zero-order chi connectivity index (χ0) is 22.9. The Morgan fingerprint density at radius 3 is 2.72 bits per heavy atom. The summed E-state index contributed by atoms with van der Waals surface area (Å²) in [6, 6.07) is 6.80. The molecule has 4 rings (SSSR count). The van der Waals surface area contributed by atoms with Crippen LogP contribution in [0.15, 0.2) is 46.4 Å². The molecule has 2 aromatic rings. The van der Waals surface area contributed by atoms with Crippen LogP contribution in [0.5, 0.6) is 0 Å². The standard InChI is InChI=1S/C24H27FN4O2S/c1-16(2)28-32(30,31)19-9-5-6-10-22(27-15-19)24-21(14-26)20-13-17(25)11-12-23(20)29(24)18-7-3-4-8-18/h5,9,11-13,15-16,18,28H,3-4,6-8,10H2,1-2H3/b9-5-,19-15+,27-22?. The van der Waals surface area contributed by atoms with Crippen molar-refractivity contribution in [2.75, 3.05) is 0 Å². The summed E-state index contributed by atoms with van der Waals surface area (Å²) in [6.07, 6.45) is 10.0. The van der Waals surface area contributed by atoms with Gasteiger partial charge in [-0.25, -0.2) is 17.5 Å². The smallest absolute Gasteiger partial charge is 0.242 e. The van der Waals surface area contributed by atoms with Crippen molar-refractivity contribution in [3.8, 4) is 6.07 Å². The molecular weight excluding hydrogens is 427 g/mol. The highest BCUT2D eigenvalue weighted by Crippen LogP contribution is 2.38. The number of benzene rings is 1. The van der Waals surface area contributed by atoms with Gasteiger partial charge in [-0.1, -0.05) is 18.9 Å². The molecule has 0 unspecified atom stereocenters. The van der Waals surface area contributed by atoms with E-state index in [1.165, 1.54) is 18.3 Å².